The minimum atomic E-state index is -3.68. The Morgan fingerprint density at radius 3 is 2.56 bits per heavy atom. The van der Waals surface area contributed by atoms with Crippen LogP contribution in [0, 0.1) is 12.3 Å². The average Bonchev–Trinajstić information content (AvgIpc) is 2.69. The van der Waals surface area contributed by atoms with Gasteiger partial charge in [-0.1, -0.05) is 20.8 Å². The molecule has 0 fully saturated rings. The summed E-state index contributed by atoms with van der Waals surface area (Å²) in [4.78, 5) is 0. The van der Waals surface area contributed by atoms with E-state index in [0.29, 0.717) is 17.8 Å². The first-order valence-corrected chi connectivity index (χ1v) is 7.36. The Bertz CT molecular complexity index is 506. The SMILES string of the molecule is CCC(C)(C)CNS(=O)(=O)c1n[nH]c(C)c1CO. The minimum absolute atomic E-state index is 0.113. The van der Waals surface area contributed by atoms with Crippen LogP contribution in [0.1, 0.15) is 38.4 Å². The number of nitrogens with one attached hydrogen (secondary N) is 2. The maximum absolute atomic E-state index is 12.1. The fraction of sp³-hybridized carbons (Fsp3) is 0.727. The van der Waals surface area contributed by atoms with Gasteiger partial charge in [0.25, 0.3) is 10.0 Å². The van der Waals surface area contributed by atoms with Crippen LogP contribution in [0.2, 0.25) is 0 Å². The first-order chi connectivity index (χ1) is 8.23. The fourth-order valence-corrected chi connectivity index (χ4v) is 2.75. The van der Waals surface area contributed by atoms with E-state index < -0.39 is 10.0 Å². The Kier molecular flexibility index (Phi) is 4.52. The molecule has 0 saturated heterocycles. The maximum atomic E-state index is 12.1. The van der Waals surface area contributed by atoms with Gasteiger partial charge < -0.3 is 5.11 Å². The van der Waals surface area contributed by atoms with Gasteiger partial charge >= 0.3 is 0 Å². The van der Waals surface area contributed by atoms with E-state index in [2.05, 4.69) is 14.9 Å². The van der Waals surface area contributed by atoms with E-state index in [9.17, 15) is 13.5 Å². The quantitative estimate of drug-likeness (QED) is 0.719. The molecule has 1 aromatic rings. The second-order valence-corrected chi connectivity index (χ2v) is 6.81. The van der Waals surface area contributed by atoms with Crippen molar-refractivity contribution in [3.63, 3.8) is 0 Å². The van der Waals surface area contributed by atoms with Gasteiger partial charge in [0.1, 0.15) is 0 Å². The second kappa shape index (κ2) is 5.38. The van der Waals surface area contributed by atoms with Crippen LogP contribution in [-0.2, 0) is 16.6 Å². The number of nitrogens with zero attached hydrogens (tertiary/aromatic N) is 1. The van der Waals surface area contributed by atoms with Crippen molar-refractivity contribution in [3.8, 4) is 0 Å². The molecule has 0 atom stereocenters. The van der Waals surface area contributed by atoms with E-state index >= 15 is 0 Å². The molecular weight excluding hydrogens is 254 g/mol. The summed E-state index contributed by atoms with van der Waals surface area (Å²) in [6.07, 6.45) is 0.863. The molecular formula is C11H21N3O3S. The zero-order valence-electron chi connectivity index (χ0n) is 11.2. The average molecular weight is 275 g/mol. The smallest absolute Gasteiger partial charge is 0.260 e. The van der Waals surface area contributed by atoms with Gasteiger partial charge in [0, 0.05) is 17.8 Å². The van der Waals surface area contributed by atoms with Gasteiger partial charge in [-0.3, -0.25) is 5.10 Å². The highest BCUT2D eigenvalue weighted by Crippen LogP contribution is 2.20. The molecule has 0 radical (unpaired) electrons. The van der Waals surface area contributed by atoms with Crippen LogP contribution in [0.3, 0.4) is 0 Å². The first-order valence-electron chi connectivity index (χ1n) is 5.88. The third-order valence-electron chi connectivity index (χ3n) is 3.15. The molecule has 1 aromatic heterocycles. The van der Waals surface area contributed by atoms with Crippen molar-refractivity contribution < 1.29 is 13.5 Å². The number of aryl methyl sites for hydroxylation is 1. The van der Waals surface area contributed by atoms with Crippen molar-refractivity contribution in [2.24, 2.45) is 5.41 Å². The Morgan fingerprint density at radius 2 is 2.06 bits per heavy atom. The lowest BCUT2D eigenvalue weighted by atomic mass is 9.91. The van der Waals surface area contributed by atoms with E-state index in [1.165, 1.54) is 0 Å². The van der Waals surface area contributed by atoms with Crippen LogP contribution < -0.4 is 4.72 Å². The van der Waals surface area contributed by atoms with Crippen LogP contribution >= 0.6 is 0 Å². The highest BCUT2D eigenvalue weighted by molar-refractivity contribution is 7.89. The third-order valence-corrected chi connectivity index (χ3v) is 4.52. The normalized spacial score (nSPS) is 12.9. The van der Waals surface area contributed by atoms with E-state index in [4.69, 9.17) is 0 Å². The van der Waals surface area contributed by atoms with Crippen molar-refractivity contribution in [2.75, 3.05) is 6.54 Å². The number of H-pyrrole nitrogens is 1. The Labute approximate surface area is 108 Å². The lowest BCUT2D eigenvalue weighted by Gasteiger charge is -2.22. The second-order valence-electron chi connectivity index (χ2n) is 5.13. The number of aliphatic hydroxyl groups is 1. The fourth-order valence-electron chi connectivity index (χ4n) is 1.32. The van der Waals surface area contributed by atoms with Crippen molar-refractivity contribution in [3.05, 3.63) is 11.3 Å². The number of hydrogen-bond donors (Lipinski definition) is 3. The van der Waals surface area contributed by atoms with Crippen molar-refractivity contribution in [2.45, 2.75) is 45.7 Å². The summed E-state index contributed by atoms with van der Waals surface area (Å²) < 4.78 is 26.7. The highest BCUT2D eigenvalue weighted by Gasteiger charge is 2.25. The summed E-state index contributed by atoms with van der Waals surface area (Å²) in [6.45, 7) is 7.63. The molecule has 6 nitrogen and oxygen atoms in total. The topological polar surface area (TPSA) is 95.1 Å². The summed E-state index contributed by atoms with van der Waals surface area (Å²) in [5.41, 5.74) is 0.766. The van der Waals surface area contributed by atoms with Crippen LogP contribution in [0.4, 0.5) is 0 Å². The molecule has 0 bridgehead atoms. The lowest BCUT2D eigenvalue weighted by Crippen LogP contribution is -2.34. The van der Waals surface area contributed by atoms with Crippen molar-refractivity contribution in [1.82, 2.24) is 14.9 Å². The molecule has 0 aliphatic heterocycles. The van der Waals surface area contributed by atoms with Gasteiger partial charge in [-0.25, -0.2) is 13.1 Å². The molecule has 0 aliphatic rings. The van der Waals surface area contributed by atoms with Gasteiger partial charge in [-0.2, -0.15) is 5.10 Å². The number of aromatic amines is 1. The first kappa shape index (κ1) is 15.1. The summed E-state index contributed by atoms with van der Waals surface area (Å²) in [7, 11) is -3.68. The molecule has 104 valence electrons. The van der Waals surface area contributed by atoms with Crippen LogP contribution in [-0.4, -0.2) is 30.3 Å². The highest BCUT2D eigenvalue weighted by atomic mass is 32.2. The van der Waals surface area contributed by atoms with Gasteiger partial charge in [-0.05, 0) is 18.8 Å². The van der Waals surface area contributed by atoms with Crippen LogP contribution in [0.15, 0.2) is 5.03 Å². The summed E-state index contributed by atoms with van der Waals surface area (Å²) in [6, 6.07) is 0. The Balaban J connectivity index is 2.94. The van der Waals surface area contributed by atoms with E-state index in [1.807, 2.05) is 20.8 Å². The molecule has 1 heterocycles. The summed E-state index contributed by atoms with van der Waals surface area (Å²) in [5, 5.41) is 15.4. The maximum Gasteiger partial charge on any atom is 0.260 e. The number of aliphatic hydroxyl groups excluding tert-OH is 1. The number of rotatable bonds is 6. The zero-order valence-corrected chi connectivity index (χ0v) is 12.1. The Morgan fingerprint density at radius 1 is 1.44 bits per heavy atom. The van der Waals surface area contributed by atoms with E-state index in [0.717, 1.165) is 6.42 Å². The number of hydrogen-bond acceptors (Lipinski definition) is 4. The minimum Gasteiger partial charge on any atom is -0.392 e. The van der Waals surface area contributed by atoms with Gasteiger partial charge in [-0.15, -0.1) is 0 Å². The van der Waals surface area contributed by atoms with Gasteiger partial charge in [0.05, 0.1) is 6.61 Å². The molecule has 18 heavy (non-hydrogen) atoms. The van der Waals surface area contributed by atoms with Crippen LogP contribution in [0.5, 0.6) is 0 Å². The number of aromatic nitrogens is 2. The largest absolute Gasteiger partial charge is 0.392 e. The zero-order chi connectivity index (χ0) is 14.0. The van der Waals surface area contributed by atoms with Crippen molar-refractivity contribution >= 4 is 10.0 Å². The molecule has 0 aliphatic carbocycles. The molecule has 0 saturated carbocycles. The summed E-state index contributed by atoms with van der Waals surface area (Å²) in [5.74, 6) is 0. The van der Waals surface area contributed by atoms with Gasteiger partial charge in [0.15, 0.2) is 5.03 Å². The summed E-state index contributed by atoms with van der Waals surface area (Å²) >= 11 is 0. The molecule has 3 N–H and O–H groups in total. The Hall–Kier alpha value is -0.920. The predicted molar refractivity (Wildman–Crippen MR) is 68.5 cm³/mol. The lowest BCUT2D eigenvalue weighted by molar-refractivity contribution is 0.277. The van der Waals surface area contributed by atoms with Gasteiger partial charge in [0.2, 0.25) is 0 Å². The molecule has 0 spiro atoms. The monoisotopic (exact) mass is 275 g/mol. The molecule has 0 amide bonds. The third kappa shape index (κ3) is 3.30. The molecule has 1 rings (SSSR count). The standard InChI is InChI=1S/C11H21N3O3S/c1-5-11(3,4)7-12-18(16,17)10-9(6-15)8(2)13-14-10/h12,15H,5-7H2,1-4H3,(H,13,14). The molecule has 0 unspecified atom stereocenters. The predicted octanol–water partition coefficient (Wildman–Crippen LogP) is 0.925. The van der Waals surface area contributed by atoms with E-state index in [1.54, 1.807) is 6.92 Å². The van der Waals surface area contributed by atoms with E-state index in [-0.39, 0.29) is 17.0 Å². The molecule has 7 heteroatoms. The number of sulfonamides is 1. The molecule has 0 aromatic carbocycles. The van der Waals surface area contributed by atoms with Crippen molar-refractivity contribution in [1.29, 1.82) is 0 Å². The van der Waals surface area contributed by atoms with Crippen LogP contribution in [0.25, 0.3) is 0 Å².